The van der Waals surface area contributed by atoms with Crippen molar-refractivity contribution in [1.82, 2.24) is 40.3 Å². The fourth-order valence-electron chi connectivity index (χ4n) is 5.97. The molecule has 2 aromatic heterocycles. The fourth-order valence-corrected chi connectivity index (χ4v) is 5.97. The van der Waals surface area contributed by atoms with Crippen molar-refractivity contribution >= 4 is 11.8 Å². The lowest BCUT2D eigenvalue weighted by Gasteiger charge is -2.35. The Morgan fingerprint density at radius 1 is 1.15 bits per heavy atom. The lowest BCUT2D eigenvalue weighted by atomic mass is 9.85. The lowest BCUT2D eigenvalue weighted by molar-refractivity contribution is -0.144. The minimum atomic E-state index is -0.744. The van der Waals surface area contributed by atoms with Gasteiger partial charge in [0.05, 0.1) is 18.3 Å². The Labute approximate surface area is 242 Å². The highest BCUT2D eigenvalue weighted by molar-refractivity contribution is 5.90. The number of amides is 2. The molecule has 4 atom stereocenters. The average molecular weight is 571 g/mol. The Morgan fingerprint density at radius 3 is 2.56 bits per heavy atom. The zero-order chi connectivity index (χ0) is 29.5. The van der Waals surface area contributed by atoms with Gasteiger partial charge in [0.15, 0.2) is 5.82 Å². The van der Waals surface area contributed by atoms with Crippen molar-refractivity contribution in [2.45, 2.75) is 110 Å². The van der Waals surface area contributed by atoms with Crippen LogP contribution in [0.2, 0.25) is 0 Å². The third-order valence-corrected chi connectivity index (χ3v) is 8.35. The number of carbonyl (C=O) groups excluding carboxylic acids is 2. The highest BCUT2D eigenvalue weighted by Gasteiger charge is 2.45. The van der Waals surface area contributed by atoms with Gasteiger partial charge in [0.1, 0.15) is 12.1 Å². The summed E-state index contributed by atoms with van der Waals surface area (Å²) >= 11 is 0. The number of β-amino-alcohol motifs (C(OH)–C–C–N with tert-alkyl or cyclic N) is 1. The Bertz CT molecular complexity index is 1220. The summed E-state index contributed by atoms with van der Waals surface area (Å²) in [5.41, 5.74) is 0.265. The van der Waals surface area contributed by atoms with E-state index in [0.29, 0.717) is 30.7 Å². The third-order valence-electron chi connectivity index (χ3n) is 8.35. The first-order valence-electron chi connectivity index (χ1n) is 15.0. The summed E-state index contributed by atoms with van der Waals surface area (Å²) in [6, 6.07) is -1.34. The van der Waals surface area contributed by atoms with E-state index >= 15 is 0 Å². The van der Waals surface area contributed by atoms with Gasteiger partial charge < -0.3 is 19.8 Å². The van der Waals surface area contributed by atoms with Crippen LogP contribution in [-0.4, -0.2) is 90.2 Å². The number of hydrogen-bond donors (Lipinski definition) is 2. The van der Waals surface area contributed by atoms with Crippen molar-refractivity contribution in [3.05, 3.63) is 23.6 Å². The summed E-state index contributed by atoms with van der Waals surface area (Å²) in [5, 5.41) is 26.4. The van der Waals surface area contributed by atoms with Crippen molar-refractivity contribution < 1.29 is 19.2 Å². The number of piperidine rings is 1. The van der Waals surface area contributed by atoms with Crippen LogP contribution in [0.4, 0.5) is 0 Å². The third kappa shape index (κ3) is 6.97. The Kier molecular flexibility index (Phi) is 8.26. The van der Waals surface area contributed by atoms with Crippen LogP contribution in [0.5, 0.6) is 0 Å². The molecule has 12 nitrogen and oxygen atoms in total. The molecule has 1 unspecified atom stereocenters. The fraction of sp³-hybridized carbons (Fsp3) is 0.793. The normalized spacial score (nSPS) is 25.0. The van der Waals surface area contributed by atoms with Gasteiger partial charge in [0.25, 0.3) is 0 Å². The van der Waals surface area contributed by atoms with E-state index in [1.807, 2.05) is 47.7 Å². The van der Waals surface area contributed by atoms with Gasteiger partial charge in [-0.1, -0.05) is 51.9 Å². The molecule has 12 heteroatoms. The maximum Gasteiger partial charge on any atom is 0.248 e. The maximum absolute atomic E-state index is 14.0. The number of aliphatic hydroxyl groups is 1. The van der Waals surface area contributed by atoms with Gasteiger partial charge in [-0.05, 0) is 43.6 Å². The second kappa shape index (κ2) is 11.4. The Hall–Kier alpha value is -2.86. The molecule has 2 saturated heterocycles. The summed E-state index contributed by atoms with van der Waals surface area (Å²) < 4.78 is 7.10. The van der Waals surface area contributed by atoms with Crippen molar-refractivity contribution in [1.29, 1.82) is 0 Å². The van der Waals surface area contributed by atoms with Gasteiger partial charge in [-0.25, -0.2) is 4.68 Å². The smallest absolute Gasteiger partial charge is 0.248 e. The SMILES string of the molecule is CC(C)(C)c1nc(CN2CCCC(CNC(=O)[C@@H]3C[C@@H](O)CN3C(=O)[C@@H](n3cc(C4CC4)nn3)C(C)(C)C)C2)no1. The van der Waals surface area contributed by atoms with Gasteiger partial charge in [0, 0.05) is 43.6 Å². The molecule has 2 aliphatic heterocycles. The quantitative estimate of drug-likeness (QED) is 0.489. The average Bonchev–Trinajstić information content (AvgIpc) is 3.24. The van der Waals surface area contributed by atoms with Gasteiger partial charge in [-0.2, -0.15) is 4.98 Å². The van der Waals surface area contributed by atoms with E-state index in [4.69, 9.17) is 4.52 Å². The second-order valence-corrected chi connectivity index (χ2v) is 14.3. The predicted molar refractivity (Wildman–Crippen MR) is 151 cm³/mol. The number of aliphatic hydroxyl groups excluding tert-OH is 1. The number of nitrogens with one attached hydrogen (secondary N) is 1. The molecule has 2 aromatic rings. The van der Waals surface area contributed by atoms with Crippen LogP contribution in [0.25, 0.3) is 0 Å². The number of aromatic nitrogens is 5. The molecule has 0 aromatic carbocycles. The minimum Gasteiger partial charge on any atom is -0.391 e. The first-order valence-corrected chi connectivity index (χ1v) is 15.0. The summed E-state index contributed by atoms with van der Waals surface area (Å²) in [4.78, 5) is 35.8. The van der Waals surface area contributed by atoms with Crippen LogP contribution in [0, 0.1) is 11.3 Å². The van der Waals surface area contributed by atoms with E-state index in [9.17, 15) is 14.7 Å². The van der Waals surface area contributed by atoms with E-state index in [1.54, 1.807) is 9.58 Å². The molecule has 0 radical (unpaired) electrons. The topological polar surface area (TPSA) is 143 Å². The first-order chi connectivity index (χ1) is 19.3. The van der Waals surface area contributed by atoms with Crippen molar-refractivity contribution in [3.8, 4) is 0 Å². The van der Waals surface area contributed by atoms with Crippen LogP contribution in [0.15, 0.2) is 10.7 Å². The summed E-state index contributed by atoms with van der Waals surface area (Å²) in [6.45, 7) is 15.1. The standard InChI is InChI=1S/C29H46N8O4/c1-28(2,3)24(37-16-21(32-34-37)19-9-10-19)26(40)36-15-20(38)12-22(36)25(39)30-13-18-8-7-11-35(14-18)17-23-31-27(41-33-23)29(4,5)6/h16,18-20,22,24,38H,7-15,17H2,1-6H3,(H,30,39)/t18?,20-,22+,24-/m1/s1. The first kappa shape index (κ1) is 29.6. The zero-order valence-corrected chi connectivity index (χ0v) is 25.3. The lowest BCUT2D eigenvalue weighted by Crippen LogP contribution is -2.51. The van der Waals surface area contributed by atoms with Crippen LogP contribution < -0.4 is 5.32 Å². The van der Waals surface area contributed by atoms with Gasteiger partial charge in [-0.3, -0.25) is 14.5 Å². The zero-order valence-electron chi connectivity index (χ0n) is 25.3. The van der Waals surface area contributed by atoms with E-state index < -0.39 is 23.6 Å². The van der Waals surface area contributed by atoms with E-state index in [1.165, 1.54) is 0 Å². The van der Waals surface area contributed by atoms with Crippen LogP contribution in [-0.2, 0) is 21.5 Å². The predicted octanol–water partition coefficient (Wildman–Crippen LogP) is 2.41. The van der Waals surface area contributed by atoms with E-state index in [-0.39, 0.29) is 36.1 Å². The molecule has 2 N–H and O–H groups in total. The minimum absolute atomic E-state index is 0.131. The number of nitrogens with zero attached hydrogens (tertiary/aromatic N) is 7. The molecule has 3 fully saturated rings. The molecule has 4 heterocycles. The van der Waals surface area contributed by atoms with Gasteiger partial charge in [0.2, 0.25) is 17.7 Å². The molecule has 41 heavy (non-hydrogen) atoms. The van der Waals surface area contributed by atoms with Gasteiger partial charge >= 0.3 is 0 Å². The molecule has 0 bridgehead atoms. The molecule has 1 aliphatic carbocycles. The largest absolute Gasteiger partial charge is 0.391 e. The number of rotatable bonds is 8. The highest BCUT2D eigenvalue weighted by Crippen LogP contribution is 2.40. The Balaban J connectivity index is 1.19. The summed E-state index contributed by atoms with van der Waals surface area (Å²) in [7, 11) is 0. The molecule has 1 saturated carbocycles. The maximum atomic E-state index is 14.0. The second-order valence-electron chi connectivity index (χ2n) is 14.3. The molecule has 2 amide bonds. The summed E-state index contributed by atoms with van der Waals surface area (Å²) in [5.74, 6) is 1.58. The van der Waals surface area contributed by atoms with E-state index in [0.717, 1.165) is 44.5 Å². The number of hydrogen-bond acceptors (Lipinski definition) is 9. The number of carbonyl (C=O) groups is 2. The number of likely N-dealkylation sites (tertiary alicyclic amines) is 2. The van der Waals surface area contributed by atoms with Crippen LogP contribution in [0.1, 0.15) is 103 Å². The van der Waals surface area contributed by atoms with Crippen LogP contribution >= 0.6 is 0 Å². The highest BCUT2D eigenvalue weighted by atomic mass is 16.5. The molecule has 226 valence electrons. The molecule has 5 rings (SSSR count). The monoisotopic (exact) mass is 570 g/mol. The summed E-state index contributed by atoms with van der Waals surface area (Å²) in [6.07, 6.45) is 5.58. The van der Waals surface area contributed by atoms with Gasteiger partial charge in [-0.15, -0.1) is 5.10 Å². The molecular weight excluding hydrogens is 524 g/mol. The van der Waals surface area contributed by atoms with Crippen molar-refractivity contribution in [2.75, 3.05) is 26.2 Å². The molecule has 0 spiro atoms. The molecule has 3 aliphatic rings. The van der Waals surface area contributed by atoms with Crippen molar-refractivity contribution in [3.63, 3.8) is 0 Å². The van der Waals surface area contributed by atoms with E-state index in [2.05, 4.69) is 30.7 Å². The molecular formula is C29H46N8O4. The van der Waals surface area contributed by atoms with Crippen molar-refractivity contribution in [2.24, 2.45) is 11.3 Å². The van der Waals surface area contributed by atoms with Crippen LogP contribution in [0.3, 0.4) is 0 Å². The Morgan fingerprint density at radius 2 is 1.90 bits per heavy atom.